The number of guanidine groups is 1. The van der Waals surface area contributed by atoms with E-state index in [0.29, 0.717) is 38.7 Å². The minimum Gasteiger partial charge on any atom is -0.370 e. The molecule has 2 saturated heterocycles. The van der Waals surface area contributed by atoms with E-state index in [2.05, 4.69) is 20.3 Å². The highest BCUT2D eigenvalue weighted by atomic mass is 32.2. The SMILES string of the molecule is CN=C(NCC1CCN(S(C)(=O)=O)C1)N1CCOC(c2cnn(C)c2)C1. The van der Waals surface area contributed by atoms with E-state index in [0.717, 1.165) is 24.5 Å². The van der Waals surface area contributed by atoms with Crippen molar-refractivity contribution in [2.24, 2.45) is 18.0 Å². The second-order valence-corrected chi connectivity index (χ2v) is 8.94. The summed E-state index contributed by atoms with van der Waals surface area (Å²) >= 11 is 0. The lowest BCUT2D eigenvalue weighted by Crippen LogP contribution is -2.49. The molecule has 3 rings (SSSR count). The Morgan fingerprint density at radius 3 is 2.85 bits per heavy atom. The highest BCUT2D eigenvalue weighted by molar-refractivity contribution is 7.88. The Balaban J connectivity index is 1.54. The van der Waals surface area contributed by atoms with Gasteiger partial charge >= 0.3 is 0 Å². The summed E-state index contributed by atoms with van der Waals surface area (Å²) in [6, 6.07) is 0. The van der Waals surface area contributed by atoms with Crippen molar-refractivity contribution in [3.63, 3.8) is 0 Å². The molecule has 2 atom stereocenters. The molecule has 9 nitrogen and oxygen atoms in total. The summed E-state index contributed by atoms with van der Waals surface area (Å²) in [5, 5.41) is 7.62. The molecule has 1 aromatic rings. The van der Waals surface area contributed by atoms with Gasteiger partial charge in [0.2, 0.25) is 10.0 Å². The zero-order chi connectivity index (χ0) is 18.7. The van der Waals surface area contributed by atoms with Gasteiger partial charge in [0.05, 0.1) is 25.6 Å². The first-order chi connectivity index (χ1) is 12.4. The number of aliphatic imine (C=N–C) groups is 1. The lowest BCUT2D eigenvalue weighted by atomic mass is 10.1. The molecular formula is C16H28N6O3S. The van der Waals surface area contributed by atoms with Crippen LogP contribution in [0, 0.1) is 5.92 Å². The number of hydrogen-bond acceptors (Lipinski definition) is 5. The standard InChI is InChI=1S/C16H28N6O3S/c1-17-16(18-8-13-4-5-22(10-13)26(3,23)24)21-6-7-25-15(12-21)14-9-19-20(2)11-14/h9,11,13,15H,4-8,10,12H2,1-3H3,(H,17,18). The molecule has 1 aromatic heterocycles. The molecule has 2 aliphatic heterocycles. The van der Waals surface area contributed by atoms with Gasteiger partial charge in [-0.25, -0.2) is 12.7 Å². The monoisotopic (exact) mass is 384 g/mol. The Morgan fingerprint density at radius 2 is 2.23 bits per heavy atom. The third kappa shape index (κ3) is 4.54. The van der Waals surface area contributed by atoms with Gasteiger partial charge in [-0.15, -0.1) is 0 Å². The van der Waals surface area contributed by atoms with Gasteiger partial charge in [0.25, 0.3) is 0 Å². The fourth-order valence-corrected chi connectivity index (χ4v) is 4.40. The van der Waals surface area contributed by atoms with E-state index < -0.39 is 10.0 Å². The van der Waals surface area contributed by atoms with E-state index in [4.69, 9.17) is 4.74 Å². The average molecular weight is 385 g/mol. The number of ether oxygens (including phenoxy) is 1. The van der Waals surface area contributed by atoms with Gasteiger partial charge in [0.1, 0.15) is 6.10 Å². The van der Waals surface area contributed by atoms with Crippen molar-refractivity contribution in [1.29, 1.82) is 0 Å². The number of nitrogens with zero attached hydrogens (tertiary/aromatic N) is 5. The minimum absolute atomic E-state index is 0.0248. The number of sulfonamides is 1. The Hall–Kier alpha value is -1.65. The summed E-state index contributed by atoms with van der Waals surface area (Å²) in [4.78, 5) is 6.58. The van der Waals surface area contributed by atoms with Crippen molar-refractivity contribution in [2.45, 2.75) is 12.5 Å². The maximum atomic E-state index is 11.6. The van der Waals surface area contributed by atoms with E-state index in [-0.39, 0.29) is 6.10 Å². The maximum absolute atomic E-state index is 11.6. The molecule has 2 unspecified atom stereocenters. The molecule has 0 aliphatic carbocycles. The van der Waals surface area contributed by atoms with Gasteiger partial charge in [-0.1, -0.05) is 0 Å². The first-order valence-electron chi connectivity index (χ1n) is 8.87. The fourth-order valence-electron chi connectivity index (χ4n) is 3.48. The molecule has 0 spiro atoms. The maximum Gasteiger partial charge on any atom is 0.211 e. The summed E-state index contributed by atoms with van der Waals surface area (Å²) in [6.45, 7) is 4.01. The number of morpholine rings is 1. The average Bonchev–Trinajstić information content (AvgIpc) is 3.24. The summed E-state index contributed by atoms with van der Waals surface area (Å²) in [5.41, 5.74) is 1.06. The van der Waals surface area contributed by atoms with Crippen molar-refractivity contribution in [2.75, 3.05) is 52.6 Å². The smallest absolute Gasteiger partial charge is 0.211 e. The predicted octanol–water partition coefficient (Wildman–Crippen LogP) is -0.350. The molecule has 26 heavy (non-hydrogen) atoms. The largest absolute Gasteiger partial charge is 0.370 e. The van der Waals surface area contributed by atoms with Crippen LogP contribution in [0.2, 0.25) is 0 Å². The van der Waals surface area contributed by atoms with E-state index in [1.165, 1.54) is 6.26 Å². The van der Waals surface area contributed by atoms with Crippen LogP contribution < -0.4 is 5.32 Å². The molecule has 10 heteroatoms. The second kappa shape index (κ2) is 7.93. The van der Waals surface area contributed by atoms with Gasteiger partial charge in [0.15, 0.2) is 5.96 Å². The molecule has 2 fully saturated rings. The predicted molar refractivity (Wildman–Crippen MR) is 99.4 cm³/mol. The second-order valence-electron chi connectivity index (χ2n) is 6.96. The zero-order valence-electron chi connectivity index (χ0n) is 15.6. The first kappa shape index (κ1) is 19.1. The summed E-state index contributed by atoms with van der Waals surface area (Å²) in [5.74, 6) is 1.14. The lowest BCUT2D eigenvalue weighted by Gasteiger charge is -2.35. The number of hydrogen-bond donors (Lipinski definition) is 1. The van der Waals surface area contributed by atoms with E-state index in [1.54, 1.807) is 16.0 Å². The van der Waals surface area contributed by atoms with Crippen LogP contribution in [-0.2, 0) is 21.8 Å². The number of nitrogens with one attached hydrogen (secondary N) is 1. The summed E-state index contributed by atoms with van der Waals surface area (Å²) in [7, 11) is 0.571. The van der Waals surface area contributed by atoms with Crippen LogP contribution in [0.15, 0.2) is 17.4 Å². The molecule has 0 bridgehead atoms. The number of aryl methyl sites for hydroxylation is 1. The van der Waals surface area contributed by atoms with Gasteiger partial charge in [-0.05, 0) is 12.3 Å². The van der Waals surface area contributed by atoms with Crippen molar-refractivity contribution in [3.05, 3.63) is 18.0 Å². The van der Waals surface area contributed by atoms with Crippen LogP contribution in [0.1, 0.15) is 18.1 Å². The minimum atomic E-state index is -3.10. The highest BCUT2D eigenvalue weighted by Crippen LogP contribution is 2.22. The van der Waals surface area contributed by atoms with Crippen molar-refractivity contribution in [1.82, 2.24) is 24.3 Å². The van der Waals surface area contributed by atoms with E-state index >= 15 is 0 Å². The molecule has 2 aliphatic rings. The van der Waals surface area contributed by atoms with Crippen molar-refractivity contribution in [3.8, 4) is 0 Å². The molecule has 0 saturated carbocycles. The Kier molecular flexibility index (Phi) is 5.83. The van der Waals surface area contributed by atoms with Crippen LogP contribution in [0.25, 0.3) is 0 Å². The number of aromatic nitrogens is 2. The third-order valence-corrected chi connectivity index (χ3v) is 6.21. The van der Waals surface area contributed by atoms with Crippen LogP contribution in [0.4, 0.5) is 0 Å². The lowest BCUT2D eigenvalue weighted by molar-refractivity contribution is -0.00807. The topological polar surface area (TPSA) is 92.1 Å². The molecule has 3 heterocycles. The molecule has 0 aromatic carbocycles. The van der Waals surface area contributed by atoms with Gasteiger partial charge in [-0.3, -0.25) is 9.67 Å². The molecule has 1 N–H and O–H groups in total. The Morgan fingerprint density at radius 1 is 1.42 bits per heavy atom. The quantitative estimate of drug-likeness (QED) is 0.564. The summed E-state index contributed by atoms with van der Waals surface area (Å²) < 4.78 is 32.5. The van der Waals surface area contributed by atoms with Crippen LogP contribution >= 0.6 is 0 Å². The first-order valence-corrected chi connectivity index (χ1v) is 10.7. The molecule has 146 valence electrons. The van der Waals surface area contributed by atoms with Crippen LogP contribution in [-0.4, -0.2) is 86.0 Å². The highest BCUT2D eigenvalue weighted by Gasteiger charge is 2.29. The van der Waals surface area contributed by atoms with E-state index in [9.17, 15) is 8.42 Å². The van der Waals surface area contributed by atoms with Crippen LogP contribution in [0.5, 0.6) is 0 Å². The van der Waals surface area contributed by atoms with Crippen molar-refractivity contribution >= 4 is 16.0 Å². The zero-order valence-corrected chi connectivity index (χ0v) is 16.4. The third-order valence-electron chi connectivity index (χ3n) is 4.94. The van der Waals surface area contributed by atoms with Gasteiger partial charge in [-0.2, -0.15) is 5.10 Å². The normalized spacial score (nSPS) is 25.7. The summed E-state index contributed by atoms with van der Waals surface area (Å²) in [6.07, 6.45) is 5.93. The number of rotatable bonds is 4. The fraction of sp³-hybridized carbons (Fsp3) is 0.750. The Bertz CT molecular complexity index is 747. The molecular weight excluding hydrogens is 356 g/mol. The van der Waals surface area contributed by atoms with Crippen LogP contribution in [0.3, 0.4) is 0 Å². The van der Waals surface area contributed by atoms with Gasteiger partial charge in [0, 0.05) is 52.0 Å². The molecule has 0 radical (unpaired) electrons. The Labute approximate surface area is 155 Å². The van der Waals surface area contributed by atoms with E-state index in [1.807, 2.05) is 19.4 Å². The van der Waals surface area contributed by atoms with Crippen molar-refractivity contribution < 1.29 is 13.2 Å². The van der Waals surface area contributed by atoms with Gasteiger partial charge < -0.3 is 15.0 Å². The molecule has 0 amide bonds.